The van der Waals surface area contributed by atoms with Crippen molar-refractivity contribution >= 4 is 0 Å². The van der Waals surface area contributed by atoms with Crippen LogP contribution in [0.1, 0.15) is 12.5 Å². The van der Waals surface area contributed by atoms with Crippen molar-refractivity contribution in [1.29, 1.82) is 0 Å². The van der Waals surface area contributed by atoms with E-state index in [0.717, 1.165) is 12.1 Å². The molecule has 0 saturated heterocycles. The van der Waals surface area contributed by atoms with Crippen molar-refractivity contribution in [3.8, 4) is 11.3 Å². The zero-order chi connectivity index (χ0) is 12.5. The molecule has 0 N–H and O–H groups in total. The Labute approximate surface area is 96.2 Å². The molecule has 17 heavy (non-hydrogen) atoms. The Bertz CT molecular complexity index is 521. The second-order valence-corrected chi connectivity index (χ2v) is 3.67. The second kappa shape index (κ2) is 4.16. The van der Waals surface area contributed by atoms with Gasteiger partial charge in [0.1, 0.15) is 5.82 Å². The number of aromatic nitrogens is 2. The third-order valence-electron chi connectivity index (χ3n) is 2.30. The van der Waals surface area contributed by atoms with Gasteiger partial charge in [-0.2, -0.15) is 0 Å². The molecular formula is C12H9F3N2. The number of nitrogens with zero attached hydrogens (tertiary/aromatic N) is 2. The molecule has 88 valence electrons. The van der Waals surface area contributed by atoms with Crippen LogP contribution in [0.3, 0.4) is 0 Å². The molecule has 1 aromatic heterocycles. The van der Waals surface area contributed by atoms with Gasteiger partial charge in [0.15, 0.2) is 0 Å². The number of alkyl halides is 2. The van der Waals surface area contributed by atoms with Gasteiger partial charge >= 0.3 is 0 Å². The minimum atomic E-state index is -3.22. The van der Waals surface area contributed by atoms with Crippen LogP contribution < -0.4 is 0 Å². The van der Waals surface area contributed by atoms with Gasteiger partial charge in [0.25, 0.3) is 5.92 Å². The zero-order valence-electron chi connectivity index (χ0n) is 8.99. The largest absolute Gasteiger partial charge is 0.273 e. The summed E-state index contributed by atoms with van der Waals surface area (Å²) in [5.74, 6) is -4.15. The molecule has 0 spiro atoms. The van der Waals surface area contributed by atoms with Gasteiger partial charge in [-0.25, -0.2) is 13.2 Å². The molecular weight excluding hydrogens is 229 g/mol. The molecule has 0 bridgehead atoms. The van der Waals surface area contributed by atoms with Gasteiger partial charge in [-0.05, 0) is 18.2 Å². The van der Waals surface area contributed by atoms with Crippen LogP contribution in [0.5, 0.6) is 0 Å². The van der Waals surface area contributed by atoms with Gasteiger partial charge in [0.2, 0.25) is 0 Å². The quantitative estimate of drug-likeness (QED) is 0.801. The van der Waals surface area contributed by atoms with Gasteiger partial charge in [0.05, 0.1) is 17.5 Å². The van der Waals surface area contributed by atoms with Crippen molar-refractivity contribution in [3.63, 3.8) is 0 Å². The standard InChI is InChI=1S/C12H9F3N2/c1-12(14,15)9-6-8(2-3-10(9)13)11-7-16-4-5-17-11/h2-7H,1H3. The summed E-state index contributed by atoms with van der Waals surface area (Å²) in [5.41, 5.74) is 0.203. The molecule has 0 aliphatic heterocycles. The highest BCUT2D eigenvalue weighted by molar-refractivity contribution is 5.59. The smallest absolute Gasteiger partial charge is 0.261 e. The summed E-state index contributed by atoms with van der Waals surface area (Å²) < 4.78 is 39.5. The maximum Gasteiger partial charge on any atom is 0.273 e. The van der Waals surface area contributed by atoms with E-state index < -0.39 is 17.3 Å². The van der Waals surface area contributed by atoms with Crippen LogP contribution in [-0.2, 0) is 5.92 Å². The number of rotatable bonds is 2. The van der Waals surface area contributed by atoms with E-state index >= 15 is 0 Å². The average Bonchev–Trinajstić information content (AvgIpc) is 2.29. The van der Waals surface area contributed by atoms with E-state index in [2.05, 4.69) is 9.97 Å². The fourth-order valence-electron chi connectivity index (χ4n) is 1.47. The van der Waals surface area contributed by atoms with Crippen molar-refractivity contribution in [1.82, 2.24) is 9.97 Å². The predicted molar refractivity (Wildman–Crippen MR) is 57.0 cm³/mol. The van der Waals surface area contributed by atoms with Crippen LogP contribution in [-0.4, -0.2) is 9.97 Å². The van der Waals surface area contributed by atoms with Crippen molar-refractivity contribution in [2.75, 3.05) is 0 Å². The van der Waals surface area contributed by atoms with Crippen LogP contribution in [0.25, 0.3) is 11.3 Å². The molecule has 0 atom stereocenters. The molecule has 2 nitrogen and oxygen atoms in total. The molecule has 0 unspecified atom stereocenters. The highest BCUT2D eigenvalue weighted by Crippen LogP contribution is 2.31. The molecule has 2 aromatic rings. The predicted octanol–water partition coefficient (Wildman–Crippen LogP) is 3.39. The first-order chi connectivity index (χ1) is 7.98. The Balaban J connectivity index is 2.53. The van der Waals surface area contributed by atoms with Crippen LogP contribution in [0.15, 0.2) is 36.8 Å². The van der Waals surface area contributed by atoms with E-state index in [1.165, 1.54) is 24.7 Å². The Morgan fingerprint density at radius 1 is 1.18 bits per heavy atom. The number of halogens is 3. The van der Waals surface area contributed by atoms with Crippen molar-refractivity contribution in [2.24, 2.45) is 0 Å². The van der Waals surface area contributed by atoms with Gasteiger partial charge < -0.3 is 0 Å². The van der Waals surface area contributed by atoms with Crippen molar-refractivity contribution in [3.05, 3.63) is 48.2 Å². The van der Waals surface area contributed by atoms with Crippen molar-refractivity contribution in [2.45, 2.75) is 12.8 Å². The minimum absolute atomic E-state index is 0.413. The SMILES string of the molecule is CC(F)(F)c1cc(-c2cnccn2)ccc1F. The summed E-state index contributed by atoms with van der Waals surface area (Å²) in [7, 11) is 0. The average molecular weight is 238 g/mol. The van der Waals surface area contributed by atoms with E-state index in [0.29, 0.717) is 18.2 Å². The van der Waals surface area contributed by atoms with Gasteiger partial charge in [-0.1, -0.05) is 0 Å². The zero-order valence-corrected chi connectivity index (χ0v) is 8.99. The molecule has 0 aliphatic rings. The van der Waals surface area contributed by atoms with Crippen LogP contribution in [0.2, 0.25) is 0 Å². The maximum absolute atomic E-state index is 13.3. The summed E-state index contributed by atoms with van der Waals surface area (Å²) in [5, 5.41) is 0. The first-order valence-electron chi connectivity index (χ1n) is 4.93. The first-order valence-corrected chi connectivity index (χ1v) is 4.93. The highest BCUT2D eigenvalue weighted by atomic mass is 19.3. The molecule has 0 amide bonds. The van der Waals surface area contributed by atoms with Gasteiger partial charge in [-0.15, -0.1) is 0 Å². The summed E-state index contributed by atoms with van der Waals surface area (Å²) in [6.07, 6.45) is 4.36. The lowest BCUT2D eigenvalue weighted by Gasteiger charge is -2.12. The molecule has 0 radical (unpaired) electrons. The van der Waals surface area contributed by atoms with Gasteiger partial charge in [0, 0.05) is 24.9 Å². The highest BCUT2D eigenvalue weighted by Gasteiger charge is 2.28. The number of hydrogen-bond acceptors (Lipinski definition) is 2. The Hall–Kier alpha value is -1.91. The molecule has 1 aromatic carbocycles. The minimum Gasteiger partial charge on any atom is -0.261 e. The monoisotopic (exact) mass is 238 g/mol. The van der Waals surface area contributed by atoms with Crippen LogP contribution >= 0.6 is 0 Å². The Morgan fingerprint density at radius 3 is 2.53 bits per heavy atom. The molecule has 0 aliphatic carbocycles. The lowest BCUT2D eigenvalue weighted by atomic mass is 10.0. The second-order valence-electron chi connectivity index (χ2n) is 3.67. The summed E-state index contributed by atoms with van der Waals surface area (Å²) in [6.45, 7) is 0.659. The van der Waals surface area contributed by atoms with E-state index in [1.54, 1.807) is 0 Å². The number of benzene rings is 1. The Morgan fingerprint density at radius 2 is 1.94 bits per heavy atom. The molecule has 1 heterocycles. The summed E-state index contributed by atoms with van der Waals surface area (Å²) >= 11 is 0. The molecule has 5 heteroatoms. The fourth-order valence-corrected chi connectivity index (χ4v) is 1.47. The summed E-state index contributed by atoms with van der Waals surface area (Å²) in [4.78, 5) is 7.80. The van der Waals surface area contributed by atoms with E-state index in [-0.39, 0.29) is 0 Å². The first kappa shape index (κ1) is 11.6. The van der Waals surface area contributed by atoms with E-state index in [4.69, 9.17) is 0 Å². The lowest BCUT2D eigenvalue weighted by molar-refractivity contribution is 0.0138. The molecule has 0 saturated carbocycles. The van der Waals surface area contributed by atoms with Gasteiger partial charge in [-0.3, -0.25) is 9.97 Å². The number of hydrogen-bond donors (Lipinski definition) is 0. The topological polar surface area (TPSA) is 25.8 Å². The lowest BCUT2D eigenvalue weighted by Crippen LogP contribution is -2.10. The van der Waals surface area contributed by atoms with Crippen LogP contribution in [0.4, 0.5) is 13.2 Å². The Kier molecular flexibility index (Phi) is 2.83. The summed E-state index contributed by atoms with van der Waals surface area (Å²) in [6, 6.07) is 3.50. The van der Waals surface area contributed by atoms with Crippen molar-refractivity contribution < 1.29 is 13.2 Å². The molecule has 0 fully saturated rings. The third-order valence-corrected chi connectivity index (χ3v) is 2.30. The molecule has 2 rings (SSSR count). The fraction of sp³-hybridized carbons (Fsp3) is 0.167. The van der Waals surface area contributed by atoms with Crippen LogP contribution in [0, 0.1) is 5.82 Å². The normalized spacial score (nSPS) is 11.5. The van der Waals surface area contributed by atoms with E-state index in [9.17, 15) is 13.2 Å². The third kappa shape index (κ3) is 2.43. The maximum atomic E-state index is 13.3. The van der Waals surface area contributed by atoms with E-state index in [1.807, 2.05) is 0 Å².